The lowest BCUT2D eigenvalue weighted by Crippen LogP contribution is -2.14. The molecule has 0 radical (unpaired) electrons. The van der Waals surface area contributed by atoms with Gasteiger partial charge in [0.05, 0.1) is 18.2 Å². The lowest BCUT2D eigenvalue weighted by Gasteiger charge is -2.14. The molecule has 0 saturated carbocycles. The van der Waals surface area contributed by atoms with Gasteiger partial charge in [0.15, 0.2) is 5.78 Å². The minimum Gasteiger partial charge on any atom is -0.496 e. The van der Waals surface area contributed by atoms with Gasteiger partial charge in [-0.2, -0.15) is 13.2 Å². The zero-order chi connectivity index (χ0) is 13.9. The number of benzene rings is 1. The van der Waals surface area contributed by atoms with Crippen molar-refractivity contribution >= 4 is 5.78 Å². The Labute approximate surface area is 104 Å². The molecule has 1 aromatic carbocycles. The number of hydrogen-bond donors (Lipinski definition) is 0. The highest BCUT2D eigenvalue weighted by atomic mass is 19.4. The van der Waals surface area contributed by atoms with Crippen molar-refractivity contribution in [1.29, 1.82) is 0 Å². The average Bonchev–Trinajstić information content (AvgIpc) is 2.35. The summed E-state index contributed by atoms with van der Waals surface area (Å²) in [5.41, 5.74) is -0.850. The molecule has 0 N–H and O–H groups in total. The number of ketones is 1. The summed E-state index contributed by atoms with van der Waals surface area (Å²) in [6.45, 7) is 3.49. The van der Waals surface area contributed by atoms with E-state index in [-0.39, 0.29) is 23.0 Å². The molecule has 0 amide bonds. The lowest BCUT2D eigenvalue weighted by molar-refractivity contribution is -0.137. The zero-order valence-electron chi connectivity index (χ0n) is 10.5. The van der Waals surface area contributed by atoms with Crippen molar-refractivity contribution in [3.63, 3.8) is 0 Å². The van der Waals surface area contributed by atoms with E-state index in [2.05, 4.69) is 0 Å². The smallest absolute Gasteiger partial charge is 0.416 e. The molecule has 2 nitrogen and oxygen atoms in total. The Bertz CT molecular complexity index is 438. The zero-order valence-corrected chi connectivity index (χ0v) is 10.5. The van der Waals surface area contributed by atoms with Gasteiger partial charge in [0, 0.05) is 5.92 Å². The summed E-state index contributed by atoms with van der Waals surface area (Å²) in [5, 5.41) is 0. The SMILES string of the molecule is CCC(C)C(=O)c1cc(C(F)(F)F)ccc1OC. The van der Waals surface area contributed by atoms with Gasteiger partial charge in [-0.15, -0.1) is 0 Å². The first kappa shape index (κ1) is 14.5. The third-order valence-electron chi connectivity index (χ3n) is 2.85. The standard InChI is InChI=1S/C13H15F3O2/c1-4-8(2)12(17)10-7-9(13(14,15)16)5-6-11(10)18-3/h5-8H,4H2,1-3H3. The fraction of sp³-hybridized carbons (Fsp3) is 0.462. The van der Waals surface area contributed by atoms with Gasteiger partial charge in [-0.3, -0.25) is 4.79 Å². The van der Waals surface area contributed by atoms with Crippen LogP contribution in [-0.4, -0.2) is 12.9 Å². The van der Waals surface area contributed by atoms with Gasteiger partial charge >= 0.3 is 6.18 Å². The van der Waals surface area contributed by atoms with Crippen molar-refractivity contribution in [3.8, 4) is 5.75 Å². The van der Waals surface area contributed by atoms with E-state index in [4.69, 9.17) is 4.74 Å². The van der Waals surface area contributed by atoms with Crippen LogP contribution in [0.4, 0.5) is 13.2 Å². The molecule has 5 heteroatoms. The van der Waals surface area contributed by atoms with Gasteiger partial charge in [0.1, 0.15) is 5.75 Å². The van der Waals surface area contributed by atoms with E-state index in [1.165, 1.54) is 13.2 Å². The Morgan fingerprint density at radius 3 is 2.44 bits per heavy atom. The summed E-state index contributed by atoms with van der Waals surface area (Å²) in [7, 11) is 1.33. The van der Waals surface area contributed by atoms with E-state index in [1.807, 2.05) is 6.92 Å². The van der Waals surface area contributed by atoms with Crippen LogP contribution in [0.2, 0.25) is 0 Å². The van der Waals surface area contributed by atoms with E-state index in [0.29, 0.717) is 6.42 Å². The molecule has 18 heavy (non-hydrogen) atoms. The second kappa shape index (κ2) is 5.42. The third kappa shape index (κ3) is 3.03. The average molecular weight is 260 g/mol. The lowest BCUT2D eigenvalue weighted by atomic mass is 9.95. The summed E-state index contributed by atoms with van der Waals surface area (Å²) in [6.07, 6.45) is -3.89. The predicted molar refractivity (Wildman–Crippen MR) is 61.8 cm³/mol. The highest BCUT2D eigenvalue weighted by Gasteiger charge is 2.32. The molecule has 1 unspecified atom stereocenters. The van der Waals surface area contributed by atoms with E-state index in [9.17, 15) is 18.0 Å². The molecule has 0 heterocycles. The monoisotopic (exact) mass is 260 g/mol. The first-order valence-electron chi connectivity index (χ1n) is 5.60. The van der Waals surface area contributed by atoms with Crippen LogP contribution in [0.3, 0.4) is 0 Å². The van der Waals surface area contributed by atoms with Gasteiger partial charge in [0.2, 0.25) is 0 Å². The molecule has 1 rings (SSSR count). The van der Waals surface area contributed by atoms with Crippen LogP contribution in [0.15, 0.2) is 18.2 Å². The molecule has 0 aliphatic rings. The van der Waals surface area contributed by atoms with Gasteiger partial charge in [-0.25, -0.2) is 0 Å². The molecule has 0 saturated heterocycles. The third-order valence-corrected chi connectivity index (χ3v) is 2.85. The minimum absolute atomic E-state index is 0.0123. The number of ether oxygens (including phenoxy) is 1. The molecule has 100 valence electrons. The summed E-state index contributed by atoms with van der Waals surface area (Å²) in [6, 6.07) is 2.94. The molecule has 0 bridgehead atoms. The number of carbonyl (C=O) groups excluding carboxylic acids is 1. The number of Topliss-reactive ketones (excluding diaryl/α,β-unsaturated/α-hetero) is 1. The Morgan fingerprint density at radius 2 is 2.00 bits per heavy atom. The van der Waals surface area contributed by atoms with Crippen LogP contribution in [0.25, 0.3) is 0 Å². The van der Waals surface area contributed by atoms with Gasteiger partial charge < -0.3 is 4.74 Å². The van der Waals surface area contributed by atoms with E-state index < -0.39 is 11.7 Å². The Morgan fingerprint density at radius 1 is 1.39 bits per heavy atom. The molecule has 0 spiro atoms. The van der Waals surface area contributed by atoms with E-state index in [0.717, 1.165) is 12.1 Å². The van der Waals surface area contributed by atoms with Crippen molar-refractivity contribution in [2.24, 2.45) is 5.92 Å². The van der Waals surface area contributed by atoms with Crippen molar-refractivity contribution < 1.29 is 22.7 Å². The van der Waals surface area contributed by atoms with Crippen LogP contribution in [0.5, 0.6) is 5.75 Å². The van der Waals surface area contributed by atoms with Gasteiger partial charge in [-0.05, 0) is 24.6 Å². The second-order valence-corrected chi connectivity index (χ2v) is 4.09. The molecule has 1 aromatic rings. The Hall–Kier alpha value is -1.52. The van der Waals surface area contributed by atoms with Crippen molar-refractivity contribution in [2.75, 3.05) is 7.11 Å². The maximum Gasteiger partial charge on any atom is 0.416 e. The largest absolute Gasteiger partial charge is 0.496 e. The number of carbonyl (C=O) groups is 1. The second-order valence-electron chi connectivity index (χ2n) is 4.09. The van der Waals surface area contributed by atoms with E-state index >= 15 is 0 Å². The van der Waals surface area contributed by atoms with Crippen LogP contribution in [-0.2, 0) is 6.18 Å². The predicted octanol–water partition coefficient (Wildman–Crippen LogP) is 3.94. The number of rotatable bonds is 4. The normalized spacial score (nSPS) is 13.2. The van der Waals surface area contributed by atoms with Crippen molar-refractivity contribution in [1.82, 2.24) is 0 Å². The maximum atomic E-state index is 12.6. The van der Waals surface area contributed by atoms with Gasteiger partial charge in [-0.1, -0.05) is 13.8 Å². The van der Waals surface area contributed by atoms with Crippen molar-refractivity contribution in [3.05, 3.63) is 29.3 Å². The van der Waals surface area contributed by atoms with Crippen LogP contribution >= 0.6 is 0 Å². The molecule has 1 atom stereocenters. The molecule has 0 fully saturated rings. The number of halogens is 3. The number of hydrogen-bond acceptors (Lipinski definition) is 2. The number of alkyl halides is 3. The van der Waals surface area contributed by atoms with Crippen LogP contribution in [0, 0.1) is 5.92 Å². The fourth-order valence-electron chi connectivity index (χ4n) is 1.53. The van der Waals surface area contributed by atoms with Crippen LogP contribution < -0.4 is 4.74 Å². The summed E-state index contributed by atoms with van der Waals surface area (Å²) < 4.78 is 42.7. The molecular formula is C13H15F3O2. The first-order chi connectivity index (χ1) is 8.31. The minimum atomic E-state index is -4.46. The topological polar surface area (TPSA) is 26.3 Å². The Balaban J connectivity index is 3.27. The quantitative estimate of drug-likeness (QED) is 0.766. The number of methoxy groups -OCH3 is 1. The first-order valence-corrected chi connectivity index (χ1v) is 5.60. The fourth-order valence-corrected chi connectivity index (χ4v) is 1.53. The highest BCUT2D eigenvalue weighted by molar-refractivity contribution is 6.00. The van der Waals surface area contributed by atoms with Gasteiger partial charge in [0.25, 0.3) is 0 Å². The Kier molecular flexibility index (Phi) is 4.38. The highest BCUT2D eigenvalue weighted by Crippen LogP contribution is 2.33. The van der Waals surface area contributed by atoms with Crippen LogP contribution in [0.1, 0.15) is 36.2 Å². The summed E-state index contributed by atoms with van der Waals surface area (Å²) in [4.78, 5) is 12.0. The van der Waals surface area contributed by atoms with Crippen molar-refractivity contribution in [2.45, 2.75) is 26.4 Å². The molecule has 0 aliphatic carbocycles. The summed E-state index contributed by atoms with van der Waals surface area (Å²) in [5.74, 6) is -0.490. The molecule has 0 aliphatic heterocycles. The molecular weight excluding hydrogens is 245 g/mol. The molecule has 0 aromatic heterocycles. The maximum absolute atomic E-state index is 12.6. The summed E-state index contributed by atoms with van der Waals surface area (Å²) >= 11 is 0. The van der Waals surface area contributed by atoms with E-state index in [1.54, 1.807) is 6.92 Å².